The van der Waals surface area contributed by atoms with E-state index in [4.69, 9.17) is 10.5 Å². The summed E-state index contributed by atoms with van der Waals surface area (Å²) in [5.74, 6) is -2.01. The van der Waals surface area contributed by atoms with Crippen LogP contribution in [0.4, 0.5) is 11.4 Å². The van der Waals surface area contributed by atoms with Gasteiger partial charge in [0.05, 0.1) is 42.6 Å². The van der Waals surface area contributed by atoms with Gasteiger partial charge in [0.25, 0.3) is 5.91 Å². The van der Waals surface area contributed by atoms with Crippen LogP contribution in [0.2, 0.25) is 0 Å². The van der Waals surface area contributed by atoms with Crippen molar-refractivity contribution in [3.05, 3.63) is 100 Å². The van der Waals surface area contributed by atoms with Crippen molar-refractivity contribution < 1.29 is 19.1 Å². The maximum Gasteiger partial charge on any atom is 0.258 e. The lowest BCUT2D eigenvalue weighted by atomic mass is 9.83. The van der Waals surface area contributed by atoms with Crippen LogP contribution in [0.5, 0.6) is 5.75 Å². The van der Waals surface area contributed by atoms with E-state index >= 15 is 0 Å². The number of nitrogens with zero attached hydrogens (tertiary/aromatic N) is 3. The largest absolute Gasteiger partial charge is 0.496 e. The minimum absolute atomic E-state index is 0. The standard InChI is InChI=1S/C33H30BrN5O4.ClH/c1-33(37-2,32(36)42)26-19-39(30(40)22-8-6-7-20(15-22)17-35)28-10-5-4-9-27(28)38(31(26)41)18-25-24-13-12-23(34)16-21(24)11-14-29(25)43-3;/h4-16,26,37H,18-19H2,1-3H3,(H2,36,42);1H/t26-,33?;/m1./s1. The molecule has 4 aromatic carbocycles. The fraction of sp³-hybridized carbons (Fsp3) is 0.212. The Balaban J connectivity index is 0.00000442. The molecule has 0 saturated heterocycles. The molecule has 0 saturated carbocycles. The maximum absolute atomic E-state index is 14.7. The van der Waals surface area contributed by atoms with Gasteiger partial charge < -0.3 is 25.6 Å². The Morgan fingerprint density at radius 1 is 1.09 bits per heavy atom. The van der Waals surface area contributed by atoms with Crippen molar-refractivity contribution in [3.63, 3.8) is 0 Å². The molecule has 3 amide bonds. The summed E-state index contributed by atoms with van der Waals surface area (Å²) in [7, 11) is 3.14. The summed E-state index contributed by atoms with van der Waals surface area (Å²) in [6, 6.07) is 25.2. The molecule has 2 atom stereocenters. The third-order valence-electron chi connectivity index (χ3n) is 8.19. The van der Waals surface area contributed by atoms with Gasteiger partial charge in [0, 0.05) is 22.1 Å². The number of anilines is 2. The molecule has 44 heavy (non-hydrogen) atoms. The van der Waals surface area contributed by atoms with Gasteiger partial charge in [-0.05, 0) is 73.3 Å². The molecule has 1 heterocycles. The number of amides is 3. The highest BCUT2D eigenvalue weighted by Crippen LogP contribution is 2.40. The Morgan fingerprint density at radius 3 is 2.48 bits per heavy atom. The number of halogens is 2. The highest BCUT2D eigenvalue weighted by atomic mass is 79.9. The predicted molar refractivity (Wildman–Crippen MR) is 176 cm³/mol. The zero-order valence-electron chi connectivity index (χ0n) is 24.3. The van der Waals surface area contributed by atoms with Crippen LogP contribution in [0.1, 0.15) is 28.4 Å². The number of hydrogen-bond acceptors (Lipinski definition) is 6. The molecule has 0 aliphatic carbocycles. The molecule has 0 fully saturated rings. The number of methoxy groups -OCH3 is 1. The molecule has 0 spiro atoms. The summed E-state index contributed by atoms with van der Waals surface area (Å²) >= 11 is 3.53. The quantitative estimate of drug-likeness (QED) is 0.278. The normalized spacial score (nSPS) is 15.8. The number of carbonyl (C=O) groups is 3. The van der Waals surface area contributed by atoms with Crippen LogP contribution >= 0.6 is 28.3 Å². The second-order valence-electron chi connectivity index (χ2n) is 10.5. The van der Waals surface area contributed by atoms with Crippen molar-refractivity contribution >= 4 is 68.2 Å². The number of para-hydroxylation sites is 2. The number of benzene rings is 4. The van der Waals surface area contributed by atoms with Gasteiger partial charge in [0.2, 0.25) is 11.8 Å². The van der Waals surface area contributed by atoms with Gasteiger partial charge in [-0.3, -0.25) is 14.4 Å². The van der Waals surface area contributed by atoms with Crippen LogP contribution in [0.15, 0.2) is 83.3 Å². The van der Waals surface area contributed by atoms with Crippen molar-refractivity contribution in [1.82, 2.24) is 5.32 Å². The lowest BCUT2D eigenvalue weighted by Crippen LogP contribution is -2.63. The molecule has 0 radical (unpaired) electrons. The smallest absolute Gasteiger partial charge is 0.258 e. The van der Waals surface area contributed by atoms with Crippen LogP contribution in [0, 0.1) is 17.2 Å². The van der Waals surface area contributed by atoms with E-state index in [1.807, 2.05) is 30.3 Å². The molecule has 4 aromatic rings. The Bertz CT molecular complexity index is 1810. The van der Waals surface area contributed by atoms with E-state index < -0.39 is 23.3 Å². The molecule has 3 N–H and O–H groups in total. The van der Waals surface area contributed by atoms with Crippen molar-refractivity contribution in [2.75, 3.05) is 30.5 Å². The van der Waals surface area contributed by atoms with Gasteiger partial charge in [-0.15, -0.1) is 12.4 Å². The van der Waals surface area contributed by atoms with Crippen LogP contribution in [-0.4, -0.2) is 44.0 Å². The number of fused-ring (bicyclic) bond motifs is 2. The fourth-order valence-electron chi connectivity index (χ4n) is 5.58. The number of ether oxygens (including phenoxy) is 1. The summed E-state index contributed by atoms with van der Waals surface area (Å²) < 4.78 is 6.66. The average Bonchev–Trinajstić information content (AvgIpc) is 3.14. The lowest BCUT2D eigenvalue weighted by Gasteiger charge is -2.36. The van der Waals surface area contributed by atoms with Crippen molar-refractivity contribution in [2.45, 2.75) is 19.0 Å². The number of nitrogens with one attached hydrogen (secondary N) is 1. The van der Waals surface area contributed by atoms with Gasteiger partial charge in [-0.2, -0.15) is 5.26 Å². The van der Waals surface area contributed by atoms with Crippen LogP contribution in [0.25, 0.3) is 10.8 Å². The van der Waals surface area contributed by atoms with Crippen molar-refractivity contribution in [2.24, 2.45) is 11.7 Å². The topological polar surface area (TPSA) is 129 Å². The first-order valence-corrected chi connectivity index (χ1v) is 14.4. The molecule has 0 bridgehead atoms. The molecule has 5 rings (SSSR count). The molecule has 11 heteroatoms. The Hall–Kier alpha value is -4.43. The van der Waals surface area contributed by atoms with E-state index in [1.165, 1.54) is 11.0 Å². The summed E-state index contributed by atoms with van der Waals surface area (Å²) in [5.41, 5.74) is 6.73. The molecule has 9 nitrogen and oxygen atoms in total. The summed E-state index contributed by atoms with van der Waals surface area (Å²) in [5, 5.41) is 14.2. The Kier molecular flexibility index (Phi) is 9.64. The second kappa shape index (κ2) is 13.1. The molecule has 0 aromatic heterocycles. The van der Waals surface area contributed by atoms with Crippen LogP contribution in [0.3, 0.4) is 0 Å². The number of primary amides is 1. The van der Waals surface area contributed by atoms with Crippen LogP contribution < -0.4 is 25.6 Å². The monoisotopic (exact) mass is 675 g/mol. The summed E-state index contributed by atoms with van der Waals surface area (Å²) in [4.78, 5) is 44.8. The minimum atomic E-state index is -1.50. The lowest BCUT2D eigenvalue weighted by molar-refractivity contribution is -0.133. The molecular weight excluding hydrogens is 646 g/mol. The highest BCUT2D eigenvalue weighted by Gasteiger charge is 2.49. The van der Waals surface area contributed by atoms with E-state index in [0.29, 0.717) is 22.7 Å². The van der Waals surface area contributed by atoms with Gasteiger partial charge in [-0.25, -0.2) is 0 Å². The zero-order chi connectivity index (χ0) is 30.9. The molecule has 226 valence electrons. The first-order valence-electron chi connectivity index (χ1n) is 13.6. The predicted octanol–water partition coefficient (Wildman–Crippen LogP) is 5.18. The van der Waals surface area contributed by atoms with Gasteiger partial charge in [0.15, 0.2) is 0 Å². The number of nitrogens with two attached hydrogens (primary N) is 1. The third kappa shape index (κ3) is 5.74. The first-order chi connectivity index (χ1) is 20.6. The van der Waals surface area contributed by atoms with E-state index in [0.717, 1.165) is 20.8 Å². The number of carbonyl (C=O) groups excluding carboxylic acids is 3. The SMILES string of the molecule is CNC(C)(C(N)=O)[C@@H]1CN(C(=O)c2cccc(C#N)c2)c2ccccc2N(Cc2c(OC)ccc3cc(Br)ccc23)C1=O.Cl. The maximum atomic E-state index is 14.7. The number of likely N-dealkylation sites (N-methyl/N-ethyl adjacent to an activating group) is 1. The minimum Gasteiger partial charge on any atom is -0.496 e. The van der Waals surface area contributed by atoms with Crippen LogP contribution in [-0.2, 0) is 16.1 Å². The average molecular weight is 677 g/mol. The van der Waals surface area contributed by atoms with E-state index in [9.17, 15) is 19.6 Å². The number of rotatable bonds is 7. The zero-order valence-corrected chi connectivity index (χ0v) is 26.7. The second-order valence-corrected chi connectivity index (χ2v) is 11.4. The molecular formula is C33H31BrClN5O4. The third-order valence-corrected chi connectivity index (χ3v) is 8.68. The number of nitriles is 1. The van der Waals surface area contributed by atoms with E-state index in [2.05, 4.69) is 27.3 Å². The van der Waals surface area contributed by atoms with Gasteiger partial charge in [-0.1, -0.05) is 46.3 Å². The van der Waals surface area contributed by atoms with E-state index in [1.54, 1.807) is 68.4 Å². The molecule has 1 aliphatic heterocycles. The number of hydrogen-bond donors (Lipinski definition) is 2. The van der Waals surface area contributed by atoms with Gasteiger partial charge >= 0.3 is 0 Å². The summed E-state index contributed by atoms with van der Waals surface area (Å²) in [6.07, 6.45) is 0. The molecule has 1 aliphatic rings. The first kappa shape index (κ1) is 32.5. The van der Waals surface area contributed by atoms with Crippen molar-refractivity contribution in [3.8, 4) is 11.8 Å². The van der Waals surface area contributed by atoms with E-state index in [-0.39, 0.29) is 37.0 Å². The highest BCUT2D eigenvalue weighted by molar-refractivity contribution is 9.10. The van der Waals surface area contributed by atoms with Gasteiger partial charge in [0.1, 0.15) is 11.3 Å². The molecule has 1 unspecified atom stereocenters. The Morgan fingerprint density at radius 2 is 1.82 bits per heavy atom. The Labute approximate surface area is 270 Å². The summed E-state index contributed by atoms with van der Waals surface area (Å²) in [6.45, 7) is 1.53. The fourth-order valence-corrected chi connectivity index (χ4v) is 5.95. The van der Waals surface area contributed by atoms with Crippen molar-refractivity contribution in [1.29, 1.82) is 5.26 Å².